The zero-order valence-electron chi connectivity index (χ0n) is 13.2. The van der Waals surface area contributed by atoms with E-state index in [1.807, 2.05) is 32.0 Å². The number of benzene rings is 2. The molecule has 0 saturated carbocycles. The third-order valence-electron chi connectivity index (χ3n) is 3.90. The third kappa shape index (κ3) is 3.13. The molecule has 3 rings (SSSR count). The first-order valence-electron chi connectivity index (χ1n) is 7.69. The standard InChI is InChI=1S/C18H19FN2O2/c1-3-13-11-21(16-10-12(2)8-9-17(16)23-13)18(22)20-15-7-5-4-6-14(15)19/h4-10,13H,3,11H2,1-2H3,(H,20,22). The zero-order chi connectivity index (χ0) is 16.4. The van der Waals surface area contributed by atoms with Crippen molar-refractivity contribution in [3.63, 3.8) is 0 Å². The lowest BCUT2D eigenvalue weighted by Gasteiger charge is -2.34. The van der Waals surface area contributed by atoms with Crippen LogP contribution in [0.5, 0.6) is 5.75 Å². The highest BCUT2D eigenvalue weighted by atomic mass is 19.1. The lowest BCUT2D eigenvalue weighted by atomic mass is 10.1. The summed E-state index contributed by atoms with van der Waals surface area (Å²) in [5.74, 6) is 0.225. The molecule has 23 heavy (non-hydrogen) atoms. The molecule has 0 spiro atoms. The van der Waals surface area contributed by atoms with Gasteiger partial charge in [-0.15, -0.1) is 0 Å². The number of urea groups is 1. The van der Waals surface area contributed by atoms with E-state index in [1.165, 1.54) is 6.07 Å². The molecular formula is C18H19FN2O2. The molecular weight excluding hydrogens is 295 g/mol. The van der Waals surface area contributed by atoms with Crippen molar-refractivity contribution in [3.8, 4) is 5.75 Å². The van der Waals surface area contributed by atoms with E-state index >= 15 is 0 Å². The molecule has 0 fully saturated rings. The van der Waals surface area contributed by atoms with Crippen LogP contribution in [0.2, 0.25) is 0 Å². The summed E-state index contributed by atoms with van der Waals surface area (Å²) in [7, 11) is 0. The first-order valence-corrected chi connectivity index (χ1v) is 7.69. The number of amides is 2. The Morgan fingerprint density at radius 3 is 2.87 bits per heavy atom. The number of para-hydroxylation sites is 1. The van der Waals surface area contributed by atoms with Gasteiger partial charge < -0.3 is 10.1 Å². The normalized spacial score (nSPS) is 16.5. The molecule has 4 nitrogen and oxygen atoms in total. The molecule has 2 aromatic carbocycles. The lowest BCUT2D eigenvalue weighted by Crippen LogP contribution is -2.45. The van der Waals surface area contributed by atoms with Crippen LogP contribution in [0.25, 0.3) is 0 Å². The fourth-order valence-electron chi connectivity index (χ4n) is 2.61. The van der Waals surface area contributed by atoms with Crippen molar-refractivity contribution in [2.45, 2.75) is 26.4 Å². The van der Waals surface area contributed by atoms with Crippen molar-refractivity contribution in [1.82, 2.24) is 0 Å². The number of anilines is 2. The van der Waals surface area contributed by atoms with Gasteiger partial charge in [-0.05, 0) is 43.2 Å². The van der Waals surface area contributed by atoms with Crippen LogP contribution in [0, 0.1) is 12.7 Å². The Labute approximate surface area is 134 Å². The highest BCUT2D eigenvalue weighted by molar-refractivity contribution is 6.03. The molecule has 1 aliphatic heterocycles. The summed E-state index contributed by atoms with van der Waals surface area (Å²) < 4.78 is 19.7. The van der Waals surface area contributed by atoms with E-state index < -0.39 is 5.82 Å². The van der Waals surface area contributed by atoms with Gasteiger partial charge in [-0.2, -0.15) is 0 Å². The third-order valence-corrected chi connectivity index (χ3v) is 3.90. The Hall–Kier alpha value is -2.56. The maximum Gasteiger partial charge on any atom is 0.326 e. The van der Waals surface area contributed by atoms with Gasteiger partial charge in [0, 0.05) is 0 Å². The maximum absolute atomic E-state index is 13.8. The minimum Gasteiger partial charge on any atom is -0.486 e. The number of hydrogen-bond acceptors (Lipinski definition) is 2. The monoisotopic (exact) mass is 314 g/mol. The van der Waals surface area contributed by atoms with Gasteiger partial charge in [0.1, 0.15) is 17.7 Å². The molecule has 1 N–H and O–H groups in total. The molecule has 120 valence electrons. The first-order chi connectivity index (χ1) is 11.1. The number of halogens is 1. The largest absolute Gasteiger partial charge is 0.486 e. The van der Waals surface area contributed by atoms with E-state index in [0.717, 1.165) is 12.0 Å². The summed E-state index contributed by atoms with van der Waals surface area (Å²) in [6.45, 7) is 4.41. The lowest BCUT2D eigenvalue weighted by molar-refractivity contribution is 0.188. The van der Waals surface area contributed by atoms with E-state index in [0.29, 0.717) is 18.0 Å². The molecule has 2 aromatic rings. The van der Waals surface area contributed by atoms with Crippen LogP contribution in [-0.2, 0) is 0 Å². The van der Waals surface area contributed by atoms with Crippen LogP contribution in [0.3, 0.4) is 0 Å². The summed E-state index contributed by atoms with van der Waals surface area (Å²) in [6, 6.07) is 11.5. The number of rotatable bonds is 2. The molecule has 5 heteroatoms. The summed E-state index contributed by atoms with van der Waals surface area (Å²) in [6.07, 6.45) is 0.716. The summed E-state index contributed by atoms with van der Waals surface area (Å²) in [5, 5.41) is 2.64. The van der Waals surface area contributed by atoms with Gasteiger partial charge in [-0.3, -0.25) is 4.90 Å². The fraction of sp³-hybridized carbons (Fsp3) is 0.278. The van der Waals surface area contributed by atoms with Crippen molar-refractivity contribution in [2.24, 2.45) is 0 Å². The minimum atomic E-state index is -0.453. The predicted octanol–water partition coefficient (Wildman–Crippen LogP) is 4.34. The van der Waals surface area contributed by atoms with Crippen molar-refractivity contribution >= 4 is 17.4 Å². The number of carbonyl (C=O) groups excluding carboxylic acids is 1. The molecule has 0 bridgehead atoms. The highest BCUT2D eigenvalue weighted by Gasteiger charge is 2.29. The quantitative estimate of drug-likeness (QED) is 0.895. The van der Waals surface area contributed by atoms with Crippen LogP contribution >= 0.6 is 0 Å². The van der Waals surface area contributed by atoms with Crippen molar-refractivity contribution < 1.29 is 13.9 Å². The molecule has 1 aliphatic rings. The Morgan fingerprint density at radius 1 is 1.35 bits per heavy atom. The predicted molar refractivity (Wildman–Crippen MR) is 88.7 cm³/mol. The van der Waals surface area contributed by atoms with Gasteiger partial charge in [0.25, 0.3) is 0 Å². The molecule has 0 radical (unpaired) electrons. The second-order valence-corrected chi connectivity index (χ2v) is 5.64. The Kier molecular flexibility index (Phi) is 4.19. The second kappa shape index (κ2) is 6.28. The van der Waals surface area contributed by atoms with Crippen molar-refractivity contribution in [2.75, 3.05) is 16.8 Å². The second-order valence-electron chi connectivity index (χ2n) is 5.64. The molecule has 0 aliphatic carbocycles. The number of carbonyl (C=O) groups is 1. The van der Waals surface area contributed by atoms with Gasteiger partial charge >= 0.3 is 6.03 Å². The van der Waals surface area contributed by atoms with E-state index in [-0.39, 0.29) is 17.8 Å². The summed E-state index contributed by atoms with van der Waals surface area (Å²) >= 11 is 0. The average molecular weight is 314 g/mol. The number of fused-ring (bicyclic) bond motifs is 1. The van der Waals surface area contributed by atoms with Gasteiger partial charge in [-0.1, -0.05) is 25.1 Å². The SMILES string of the molecule is CCC1CN(C(=O)Nc2ccccc2F)c2cc(C)ccc2O1. The van der Waals surface area contributed by atoms with E-state index in [4.69, 9.17) is 4.74 Å². The molecule has 0 saturated heterocycles. The zero-order valence-corrected chi connectivity index (χ0v) is 13.2. The number of hydrogen-bond donors (Lipinski definition) is 1. The summed E-state index contributed by atoms with van der Waals surface area (Å²) in [4.78, 5) is 14.3. The van der Waals surface area contributed by atoms with Crippen LogP contribution in [0.15, 0.2) is 42.5 Å². The average Bonchev–Trinajstić information content (AvgIpc) is 2.56. The molecule has 2 amide bonds. The summed E-state index contributed by atoms with van der Waals surface area (Å²) in [5.41, 5.74) is 1.92. The van der Waals surface area contributed by atoms with Gasteiger partial charge in [0.2, 0.25) is 0 Å². The highest BCUT2D eigenvalue weighted by Crippen LogP contribution is 2.35. The molecule has 1 atom stereocenters. The van der Waals surface area contributed by atoms with Crippen LogP contribution in [-0.4, -0.2) is 18.7 Å². The van der Waals surface area contributed by atoms with Crippen LogP contribution < -0.4 is 15.0 Å². The van der Waals surface area contributed by atoms with Crippen molar-refractivity contribution in [3.05, 3.63) is 53.8 Å². The van der Waals surface area contributed by atoms with E-state index in [2.05, 4.69) is 5.32 Å². The van der Waals surface area contributed by atoms with Gasteiger partial charge in [0.15, 0.2) is 0 Å². The fourth-order valence-corrected chi connectivity index (χ4v) is 2.61. The number of ether oxygens (including phenoxy) is 1. The van der Waals surface area contributed by atoms with E-state index in [1.54, 1.807) is 23.1 Å². The number of nitrogens with one attached hydrogen (secondary N) is 1. The molecule has 1 unspecified atom stereocenters. The van der Waals surface area contributed by atoms with Crippen molar-refractivity contribution in [1.29, 1.82) is 0 Å². The smallest absolute Gasteiger partial charge is 0.326 e. The number of nitrogens with zero attached hydrogens (tertiary/aromatic N) is 1. The van der Waals surface area contributed by atoms with Gasteiger partial charge in [0.05, 0.1) is 17.9 Å². The Balaban J connectivity index is 1.90. The topological polar surface area (TPSA) is 41.6 Å². The van der Waals surface area contributed by atoms with Crippen LogP contribution in [0.1, 0.15) is 18.9 Å². The van der Waals surface area contributed by atoms with Gasteiger partial charge in [-0.25, -0.2) is 9.18 Å². The molecule has 0 aromatic heterocycles. The number of aryl methyl sites for hydroxylation is 1. The first kappa shape index (κ1) is 15.3. The molecule has 1 heterocycles. The Morgan fingerprint density at radius 2 is 2.13 bits per heavy atom. The van der Waals surface area contributed by atoms with E-state index in [9.17, 15) is 9.18 Å². The van der Waals surface area contributed by atoms with Crippen LogP contribution in [0.4, 0.5) is 20.6 Å². The Bertz CT molecular complexity index is 733. The maximum atomic E-state index is 13.8. The minimum absolute atomic E-state index is 0.0726.